The zero-order valence-corrected chi connectivity index (χ0v) is 9.45. The number of fused-ring (bicyclic) bond motifs is 3. The third-order valence-corrected chi connectivity index (χ3v) is 3.76. The molecule has 15 heavy (non-hydrogen) atoms. The van der Waals surface area contributed by atoms with E-state index in [2.05, 4.69) is 26.7 Å². The van der Waals surface area contributed by atoms with Gasteiger partial charge in [-0.25, -0.2) is 4.98 Å². The van der Waals surface area contributed by atoms with Crippen molar-refractivity contribution in [3.8, 4) is 11.3 Å². The molecule has 0 atom stereocenters. The van der Waals surface area contributed by atoms with Gasteiger partial charge in [-0.1, -0.05) is 0 Å². The molecule has 2 aromatic rings. The van der Waals surface area contributed by atoms with Crippen LogP contribution in [0.25, 0.3) is 11.3 Å². The highest BCUT2D eigenvalue weighted by molar-refractivity contribution is 7.10. The van der Waals surface area contributed by atoms with Crippen molar-refractivity contribution in [3.63, 3.8) is 0 Å². The fourth-order valence-electron chi connectivity index (χ4n) is 2.10. The second-order valence-electron chi connectivity index (χ2n) is 3.80. The van der Waals surface area contributed by atoms with Crippen LogP contribution in [-0.4, -0.2) is 17.0 Å². The smallest absolute Gasteiger partial charge is 0.121 e. The molecule has 0 spiro atoms. The number of H-pyrrole nitrogens is 1. The Hall–Kier alpha value is -1.13. The number of aromatic amines is 1. The maximum atomic E-state index is 4.64. The van der Waals surface area contributed by atoms with Crippen molar-refractivity contribution in [1.82, 2.24) is 15.3 Å². The molecule has 2 aromatic heterocycles. The van der Waals surface area contributed by atoms with E-state index in [1.807, 2.05) is 18.4 Å². The van der Waals surface area contributed by atoms with Crippen LogP contribution in [0.1, 0.15) is 16.4 Å². The summed E-state index contributed by atoms with van der Waals surface area (Å²) < 4.78 is 0. The van der Waals surface area contributed by atoms with Crippen molar-refractivity contribution in [2.24, 2.45) is 0 Å². The molecule has 2 heterocycles. The van der Waals surface area contributed by atoms with Gasteiger partial charge in [-0.2, -0.15) is 0 Å². The summed E-state index contributed by atoms with van der Waals surface area (Å²) in [5.74, 6) is 1.04. The zero-order chi connectivity index (χ0) is 10.3. The molecule has 0 fully saturated rings. The molecule has 2 N–H and O–H groups in total. The Morgan fingerprint density at radius 2 is 2.47 bits per heavy atom. The molecule has 0 radical (unpaired) electrons. The number of hydrogen-bond acceptors (Lipinski definition) is 3. The lowest BCUT2D eigenvalue weighted by Crippen LogP contribution is -2.06. The highest BCUT2D eigenvalue weighted by Gasteiger charge is 2.20. The number of aryl methyl sites for hydroxylation is 2. The quantitative estimate of drug-likeness (QED) is 0.810. The predicted octanol–water partition coefficient (Wildman–Crippen LogP) is 1.96. The lowest BCUT2D eigenvalue weighted by atomic mass is 10.0. The standard InChI is InChI=1S/C11H13N3S/c1-12-6-10-13-8-2-3-9-7(4-5-15-9)11(8)14-10/h4-5,12H,2-3,6H2,1H3,(H,13,14). The van der Waals surface area contributed by atoms with Gasteiger partial charge in [0.05, 0.1) is 12.2 Å². The molecule has 78 valence electrons. The minimum Gasteiger partial charge on any atom is -0.344 e. The van der Waals surface area contributed by atoms with Crippen molar-refractivity contribution in [3.05, 3.63) is 27.8 Å². The van der Waals surface area contributed by atoms with Crippen LogP contribution >= 0.6 is 11.3 Å². The van der Waals surface area contributed by atoms with Gasteiger partial charge in [-0.15, -0.1) is 11.3 Å². The summed E-state index contributed by atoms with van der Waals surface area (Å²) in [6.07, 6.45) is 2.25. The first-order valence-electron chi connectivity index (χ1n) is 5.17. The molecule has 3 rings (SSSR count). The summed E-state index contributed by atoms with van der Waals surface area (Å²) in [5, 5.41) is 5.28. The first kappa shape index (κ1) is 9.12. The van der Waals surface area contributed by atoms with E-state index in [0.717, 1.165) is 25.2 Å². The summed E-state index contributed by atoms with van der Waals surface area (Å²) >= 11 is 1.84. The maximum Gasteiger partial charge on any atom is 0.121 e. The number of nitrogens with one attached hydrogen (secondary N) is 2. The normalized spacial score (nSPS) is 13.7. The Kier molecular flexibility index (Phi) is 2.11. The number of rotatable bonds is 2. The Bertz CT molecular complexity index is 484. The van der Waals surface area contributed by atoms with Crippen LogP contribution in [0.4, 0.5) is 0 Å². The molecule has 0 aromatic carbocycles. The van der Waals surface area contributed by atoms with Gasteiger partial charge in [0.1, 0.15) is 5.82 Å². The van der Waals surface area contributed by atoms with Gasteiger partial charge >= 0.3 is 0 Å². The summed E-state index contributed by atoms with van der Waals surface area (Å²) in [6, 6.07) is 2.18. The Balaban J connectivity index is 2.08. The molecular formula is C11H13N3S. The number of aromatic nitrogens is 2. The Labute approximate surface area is 92.6 Å². The Morgan fingerprint density at radius 3 is 3.33 bits per heavy atom. The number of thiophene rings is 1. The second-order valence-corrected chi connectivity index (χ2v) is 4.80. The molecule has 0 unspecified atom stereocenters. The van der Waals surface area contributed by atoms with Crippen LogP contribution in [0.15, 0.2) is 11.4 Å². The lowest BCUT2D eigenvalue weighted by Gasteiger charge is -2.09. The van der Waals surface area contributed by atoms with Gasteiger partial charge in [0.2, 0.25) is 0 Å². The van der Waals surface area contributed by atoms with Gasteiger partial charge in [-0.3, -0.25) is 0 Å². The van der Waals surface area contributed by atoms with Crippen LogP contribution in [-0.2, 0) is 19.4 Å². The van der Waals surface area contributed by atoms with E-state index >= 15 is 0 Å². The van der Waals surface area contributed by atoms with E-state index in [1.54, 1.807) is 0 Å². The summed E-state index contributed by atoms with van der Waals surface area (Å²) in [7, 11) is 1.94. The first-order chi connectivity index (χ1) is 7.38. The first-order valence-corrected chi connectivity index (χ1v) is 6.05. The lowest BCUT2D eigenvalue weighted by molar-refractivity contribution is 0.768. The molecule has 4 heteroatoms. The van der Waals surface area contributed by atoms with Gasteiger partial charge in [0.25, 0.3) is 0 Å². The fraction of sp³-hybridized carbons (Fsp3) is 0.364. The topological polar surface area (TPSA) is 40.7 Å². The molecule has 3 nitrogen and oxygen atoms in total. The number of nitrogens with zero attached hydrogens (tertiary/aromatic N) is 1. The average Bonchev–Trinajstić information content (AvgIpc) is 2.80. The van der Waals surface area contributed by atoms with Crippen LogP contribution in [0.2, 0.25) is 0 Å². The van der Waals surface area contributed by atoms with E-state index in [1.165, 1.54) is 21.8 Å². The maximum absolute atomic E-state index is 4.64. The highest BCUT2D eigenvalue weighted by atomic mass is 32.1. The zero-order valence-electron chi connectivity index (χ0n) is 8.63. The average molecular weight is 219 g/mol. The highest BCUT2D eigenvalue weighted by Crippen LogP contribution is 2.34. The molecular weight excluding hydrogens is 206 g/mol. The van der Waals surface area contributed by atoms with Crippen molar-refractivity contribution in [1.29, 1.82) is 0 Å². The molecule has 1 aliphatic rings. The molecule has 0 bridgehead atoms. The van der Waals surface area contributed by atoms with E-state index in [4.69, 9.17) is 0 Å². The van der Waals surface area contributed by atoms with Gasteiger partial charge in [0.15, 0.2) is 0 Å². The number of hydrogen-bond donors (Lipinski definition) is 2. The number of imidazole rings is 1. The van der Waals surface area contributed by atoms with Crippen LogP contribution in [0.5, 0.6) is 0 Å². The fourth-order valence-corrected chi connectivity index (χ4v) is 2.98. The monoisotopic (exact) mass is 219 g/mol. The minimum atomic E-state index is 0.812. The molecule has 0 amide bonds. The summed E-state index contributed by atoms with van der Waals surface area (Å²) in [6.45, 7) is 0.812. The van der Waals surface area contributed by atoms with Gasteiger partial charge < -0.3 is 10.3 Å². The van der Waals surface area contributed by atoms with Crippen LogP contribution in [0.3, 0.4) is 0 Å². The Morgan fingerprint density at radius 1 is 1.53 bits per heavy atom. The molecule has 0 aliphatic heterocycles. The third-order valence-electron chi connectivity index (χ3n) is 2.77. The van der Waals surface area contributed by atoms with E-state index in [-0.39, 0.29) is 0 Å². The van der Waals surface area contributed by atoms with Crippen LogP contribution < -0.4 is 5.32 Å². The largest absolute Gasteiger partial charge is 0.344 e. The van der Waals surface area contributed by atoms with Gasteiger partial charge in [-0.05, 0) is 31.3 Å². The van der Waals surface area contributed by atoms with E-state index in [9.17, 15) is 0 Å². The molecule has 0 saturated carbocycles. The minimum absolute atomic E-state index is 0.812. The van der Waals surface area contributed by atoms with Crippen molar-refractivity contribution >= 4 is 11.3 Å². The summed E-state index contributed by atoms with van der Waals surface area (Å²) in [5.41, 5.74) is 3.80. The van der Waals surface area contributed by atoms with E-state index < -0.39 is 0 Å². The van der Waals surface area contributed by atoms with Crippen molar-refractivity contribution in [2.45, 2.75) is 19.4 Å². The summed E-state index contributed by atoms with van der Waals surface area (Å²) in [4.78, 5) is 9.52. The van der Waals surface area contributed by atoms with Crippen molar-refractivity contribution in [2.75, 3.05) is 7.05 Å². The third kappa shape index (κ3) is 1.41. The van der Waals surface area contributed by atoms with Crippen molar-refractivity contribution < 1.29 is 0 Å². The van der Waals surface area contributed by atoms with Crippen LogP contribution in [0, 0.1) is 0 Å². The predicted molar refractivity (Wildman–Crippen MR) is 62.1 cm³/mol. The second kappa shape index (κ2) is 3.47. The molecule has 1 aliphatic carbocycles. The van der Waals surface area contributed by atoms with Gasteiger partial charge in [0, 0.05) is 16.1 Å². The van der Waals surface area contributed by atoms with E-state index in [0.29, 0.717) is 0 Å². The SMILES string of the molecule is CNCc1nc2c([nH]1)CCc1sccc1-2. The molecule has 0 saturated heterocycles.